The topological polar surface area (TPSA) is 111 Å². The van der Waals surface area contributed by atoms with E-state index in [1.807, 2.05) is 6.92 Å². The zero-order valence-corrected chi connectivity index (χ0v) is 12.8. The zero-order valence-electron chi connectivity index (χ0n) is 12.8. The minimum Gasteiger partial charge on any atom is -0.272 e. The number of hydrazone groups is 1. The van der Waals surface area contributed by atoms with E-state index in [0.29, 0.717) is 11.8 Å². The van der Waals surface area contributed by atoms with Crippen LogP contribution in [-0.2, 0) is 0 Å². The molecule has 0 unspecified atom stereocenters. The Bertz CT molecular complexity index is 688. The molecule has 2 fully saturated rings. The molecule has 1 N–H and O–H groups in total. The van der Waals surface area contributed by atoms with Crippen LogP contribution >= 0.6 is 0 Å². The van der Waals surface area contributed by atoms with Gasteiger partial charge in [0, 0.05) is 17.7 Å². The van der Waals surface area contributed by atoms with Crippen LogP contribution in [0.1, 0.15) is 32.6 Å². The second kappa shape index (κ2) is 5.94. The van der Waals surface area contributed by atoms with Crippen molar-refractivity contribution in [2.24, 2.45) is 22.9 Å². The van der Waals surface area contributed by atoms with Crippen LogP contribution < -0.4 is 5.43 Å². The van der Waals surface area contributed by atoms with E-state index in [-0.39, 0.29) is 17.1 Å². The van der Waals surface area contributed by atoms with Crippen LogP contribution in [0.2, 0.25) is 0 Å². The van der Waals surface area contributed by atoms with E-state index in [2.05, 4.69) is 10.5 Å². The van der Waals surface area contributed by atoms with E-state index in [4.69, 9.17) is 0 Å². The van der Waals surface area contributed by atoms with Crippen molar-refractivity contribution in [1.82, 2.24) is 0 Å². The van der Waals surface area contributed by atoms with Crippen molar-refractivity contribution in [2.75, 3.05) is 5.43 Å². The highest BCUT2D eigenvalue weighted by molar-refractivity contribution is 5.86. The summed E-state index contributed by atoms with van der Waals surface area (Å²) in [6.45, 7) is 1.94. The van der Waals surface area contributed by atoms with Crippen molar-refractivity contribution in [3.63, 3.8) is 0 Å². The van der Waals surface area contributed by atoms with Crippen LogP contribution in [0.3, 0.4) is 0 Å². The average molecular weight is 318 g/mol. The molecule has 0 amide bonds. The summed E-state index contributed by atoms with van der Waals surface area (Å²) >= 11 is 0. The summed E-state index contributed by atoms with van der Waals surface area (Å²) in [5.74, 6) is 1.92. The number of non-ortho nitro benzene ring substituents is 1. The fourth-order valence-corrected chi connectivity index (χ4v) is 3.87. The average Bonchev–Trinajstić information content (AvgIpc) is 3.15. The van der Waals surface area contributed by atoms with Crippen molar-refractivity contribution >= 4 is 22.8 Å². The summed E-state index contributed by atoms with van der Waals surface area (Å²) < 4.78 is 0. The zero-order chi connectivity index (χ0) is 16.6. The molecule has 2 bridgehead atoms. The van der Waals surface area contributed by atoms with Gasteiger partial charge in [-0.1, -0.05) is 6.42 Å². The maximum Gasteiger partial charge on any atom is 0.301 e. The molecule has 0 saturated heterocycles. The number of hydrogen-bond donors (Lipinski definition) is 1. The number of nitro benzene ring substituents is 2. The number of nitrogens with one attached hydrogen (secondary N) is 1. The normalized spacial score (nSPS) is 26.3. The third kappa shape index (κ3) is 3.01. The van der Waals surface area contributed by atoms with Crippen molar-refractivity contribution in [1.29, 1.82) is 0 Å². The number of nitrogens with zero attached hydrogens (tertiary/aromatic N) is 3. The van der Waals surface area contributed by atoms with E-state index in [1.54, 1.807) is 0 Å². The molecule has 122 valence electrons. The van der Waals surface area contributed by atoms with Crippen molar-refractivity contribution in [3.8, 4) is 0 Å². The number of rotatable bonds is 5. The number of hydrogen-bond acceptors (Lipinski definition) is 6. The first kappa shape index (κ1) is 15.4. The van der Waals surface area contributed by atoms with Gasteiger partial charge in [-0.2, -0.15) is 5.10 Å². The monoisotopic (exact) mass is 318 g/mol. The van der Waals surface area contributed by atoms with Gasteiger partial charge >= 0.3 is 5.69 Å². The van der Waals surface area contributed by atoms with Gasteiger partial charge in [0.05, 0.1) is 15.9 Å². The summed E-state index contributed by atoms with van der Waals surface area (Å²) in [4.78, 5) is 20.5. The van der Waals surface area contributed by atoms with Crippen molar-refractivity contribution in [2.45, 2.75) is 32.6 Å². The predicted octanol–water partition coefficient (Wildman–Crippen LogP) is 3.73. The van der Waals surface area contributed by atoms with Crippen LogP contribution in [0.25, 0.3) is 0 Å². The molecule has 2 saturated carbocycles. The molecule has 1 aromatic rings. The Labute approximate surface area is 132 Å². The molecular formula is C15H18N4O4. The van der Waals surface area contributed by atoms with E-state index >= 15 is 0 Å². The fourth-order valence-electron chi connectivity index (χ4n) is 3.87. The number of nitro groups is 2. The van der Waals surface area contributed by atoms with Crippen LogP contribution in [0, 0.1) is 38.0 Å². The van der Waals surface area contributed by atoms with E-state index in [9.17, 15) is 20.2 Å². The second-order valence-electron chi connectivity index (χ2n) is 6.36. The molecule has 0 heterocycles. The lowest BCUT2D eigenvalue weighted by atomic mass is 9.86. The van der Waals surface area contributed by atoms with Gasteiger partial charge in [0.1, 0.15) is 5.69 Å². The maximum atomic E-state index is 11.1. The summed E-state index contributed by atoms with van der Waals surface area (Å²) in [6.07, 6.45) is 4.94. The van der Waals surface area contributed by atoms with E-state index in [1.165, 1.54) is 31.4 Å². The van der Waals surface area contributed by atoms with E-state index < -0.39 is 9.85 Å². The lowest BCUT2D eigenvalue weighted by molar-refractivity contribution is -0.393. The molecule has 8 heteroatoms. The van der Waals surface area contributed by atoms with Crippen LogP contribution in [-0.4, -0.2) is 15.6 Å². The number of benzene rings is 1. The van der Waals surface area contributed by atoms with Gasteiger partial charge in [0.25, 0.3) is 5.69 Å². The third-order valence-electron chi connectivity index (χ3n) is 5.02. The van der Waals surface area contributed by atoms with Crippen LogP contribution in [0.15, 0.2) is 23.3 Å². The smallest absolute Gasteiger partial charge is 0.272 e. The summed E-state index contributed by atoms with van der Waals surface area (Å²) in [6, 6.07) is 3.51. The van der Waals surface area contributed by atoms with Gasteiger partial charge in [-0.25, -0.2) is 0 Å². The predicted molar refractivity (Wildman–Crippen MR) is 85.4 cm³/mol. The molecule has 2 aliphatic rings. The Morgan fingerprint density at radius 3 is 2.57 bits per heavy atom. The Kier molecular flexibility index (Phi) is 3.97. The quantitative estimate of drug-likeness (QED) is 0.505. The minimum absolute atomic E-state index is 0.170. The highest BCUT2D eigenvalue weighted by Crippen LogP contribution is 2.48. The van der Waals surface area contributed by atoms with E-state index in [0.717, 1.165) is 24.1 Å². The lowest BCUT2D eigenvalue weighted by Crippen LogP contribution is -2.19. The lowest BCUT2D eigenvalue weighted by Gasteiger charge is -2.21. The SMILES string of the molecule is C/C(=N/Nc1ccc([N+](=O)[O-])cc1[N+](=O)[O-])[C@H]1C[C@@H]2CC[C@@H]1C2. The fraction of sp³-hybridized carbons (Fsp3) is 0.533. The molecule has 0 radical (unpaired) electrons. The number of fused-ring (bicyclic) bond motifs is 2. The van der Waals surface area contributed by atoms with Gasteiger partial charge in [-0.05, 0) is 44.1 Å². The van der Waals surface area contributed by atoms with Gasteiger partial charge in [0.2, 0.25) is 0 Å². The molecule has 2 aliphatic carbocycles. The van der Waals surface area contributed by atoms with Gasteiger partial charge in [0.15, 0.2) is 0 Å². The molecule has 0 aromatic heterocycles. The second-order valence-corrected chi connectivity index (χ2v) is 6.36. The molecule has 23 heavy (non-hydrogen) atoms. The maximum absolute atomic E-state index is 11.1. The summed E-state index contributed by atoms with van der Waals surface area (Å²) in [7, 11) is 0. The Hall–Kier alpha value is -2.51. The van der Waals surface area contributed by atoms with Gasteiger partial charge < -0.3 is 0 Å². The summed E-state index contributed by atoms with van der Waals surface area (Å²) in [5, 5.41) is 26.1. The molecule has 0 aliphatic heterocycles. The van der Waals surface area contributed by atoms with Crippen LogP contribution in [0.5, 0.6) is 0 Å². The molecule has 0 spiro atoms. The van der Waals surface area contributed by atoms with Crippen LogP contribution in [0.4, 0.5) is 17.1 Å². The first-order valence-electron chi connectivity index (χ1n) is 7.68. The van der Waals surface area contributed by atoms with Gasteiger partial charge in [-0.15, -0.1) is 0 Å². The molecule has 3 rings (SSSR count). The highest BCUT2D eigenvalue weighted by Gasteiger charge is 2.40. The van der Waals surface area contributed by atoms with Crippen molar-refractivity contribution in [3.05, 3.63) is 38.4 Å². The Balaban J connectivity index is 1.78. The molecule has 3 atom stereocenters. The molecule has 8 nitrogen and oxygen atoms in total. The van der Waals surface area contributed by atoms with Gasteiger partial charge in [-0.3, -0.25) is 25.7 Å². The first-order chi connectivity index (χ1) is 11.0. The highest BCUT2D eigenvalue weighted by atomic mass is 16.6. The standard InChI is InChI=1S/C15H18N4O4/c1-9(13-7-10-2-3-11(13)6-10)16-17-14-5-4-12(18(20)21)8-15(14)19(22)23/h4-5,8,10-11,13,17H,2-3,6-7H2,1H3/b16-9-/t10-,11-,13-/m1/s1. The molecular weight excluding hydrogens is 300 g/mol. The Morgan fingerprint density at radius 1 is 1.22 bits per heavy atom. The minimum atomic E-state index is -0.652. The first-order valence-corrected chi connectivity index (χ1v) is 7.68. The third-order valence-corrected chi connectivity index (χ3v) is 5.02. The summed E-state index contributed by atoms with van der Waals surface area (Å²) in [5.41, 5.74) is 3.19. The Morgan fingerprint density at radius 2 is 2.00 bits per heavy atom. The number of anilines is 1. The largest absolute Gasteiger partial charge is 0.301 e. The molecule has 1 aromatic carbocycles. The van der Waals surface area contributed by atoms with Crippen molar-refractivity contribution < 1.29 is 9.85 Å².